The van der Waals surface area contributed by atoms with Crippen LogP contribution in [0.3, 0.4) is 0 Å². The van der Waals surface area contributed by atoms with Crippen LogP contribution in [0.5, 0.6) is 0 Å². The number of halogens is 1. The molecule has 0 aromatic heterocycles. The van der Waals surface area contributed by atoms with E-state index in [2.05, 4.69) is 17.1 Å². The van der Waals surface area contributed by atoms with Gasteiger partial charge < -0.3 is 10.1 Å². The summed E-state index contributed by atoms with van der Waals surface area (Å²) < 4.78 is 18.8. The van der Waals surface area contributed by atoms with Crippen molar-refractivity contribution < 1.29 is 13.9 Å². The van der Waals surface area contributed by atoms with E-state index < -0.39 is 0 Å². The molecule has 1 N–H and O–H groups in total. The van der Waals surface area contributed by atoms with Crippen molar-refractivity contribution in [2.24, 2.45) is 0 Å². The van der Waals surface area contributed by atoms with Gasteiger partial charge >= 0.3 is 0 Å². The maximum absolute atomic E-state index is 13.2. The third-order valence-electron chi connectivity index (χ3n) is 3.58. The molecule has 4 nitrogen and oxygen atoms in total. The maximum Gasteiger partial charge on any atom is 0.251 e. The number of nitrogens with one attached hydrogen (secondary N) is 1. The molecule has 0 spiro atoms. The summed E-state index contributed by atoms with van der Waals surface area (Å²) in [5.74, 6) is -0.485. The number of rotatable bonds is 4. The quantitative estimate of drug-likeness (QED) is 0.910. The molecule has 1 saturated heterocycles. The van der Waals surface area contributed by atoms with Gasteiger partial charge in [0.15, 0.2) is 0 Å². The first kappa shape index (κ1) is 14.9. The van der Waals surface area contributed by atoms with Gasteiger partial charge in [-0.2, -0.15) is 0 Å². The molecule has 1 aliphatic rings. The highest BCUT2D eigenvalue weighted by molar-refractivity contribution is 5.94. The second-order valence-electron chi connectivity index (χ2n) is 5.06. The number of nitrogens with zero attached hydrogens (tertiary/aromatic N) is 1. The summed E-state index contributed by atoms with van der Waals surface area (Å²) in [6, 6.07) is 4.38. The van der Waals surface area contributed by atoms with Gasteiger partial charge in [0.05, 0.1) is 12.7 Å². The largest absolute Gasteiger partial charge is 0.374 e. The first-order valence-electron chi connectivity index (χ1n) is 6.98. The summed E-state index contributed by atoms with van der Waals surface area (Å²) in [6.07, 6.45) is 0.0224. The fourth-order valence-corrected chi connectivity index (χ4v) is 2.29. The Morgan fingerprint density at radius 1 is 1.55 bits per heavy atom. The molecule has 1 fully saturated rings. The summed E-state index contributed by atoms with van der Waals surface area (Å²) >= 11 is 0. The Bertz CT molecular complexity index is 479. The first-order chi connectivity index (χ1) is 9.60. The number of carbonyl (C=O) groups is 1. The van der Waals surface area contributed by atoms with Gasteiger partial charge in [-0.15, -0.1) is 0 Å². The molecule has 1 heterocycles. The number of carbonyl (C=O) groups excluding carboxylic acids is 1. The second kappa shape index (κ2) is 6.81. The second-order valence-corrected chi connectivity index (χ2v) is 5.06. The molecule has 1 atom stereocenters. The number of amides is 1. The monoisotopic (exact) mass is 280 g/mol. The molecular formula is C15H21FN2O2. The lowest BCUT2D eigenvalue weighted by Gasteiger charge is -2.32. The van der Waals surface area contributed by atoms with E-state index in [-0.39, 0.29) is 17.8 Å². The van der Waals surface area contributed by atoms with Crippen molar-refractivity contribution in [2.45, 2.75) is 20.0 Å². The Balaban J connectivity index is 1.87. The highest BCUT2D eigenvalue weighted by Crippen LogP contribution is 2.09. The van der Waals surface area contributed by atoms with Crippen LogP contribution >= 0.6 is 0 Å². The molecule has 1 amide bonds. The molecule has 5 heteroatoms. The zero-order chi connectivity index (χ0) is 14.5. The van der Waals surface area contributed by atoms with Crippen molar-refractivity contribution >= 4 is 5.91 Å². The van der Waals surface area contributed by atoms with Gasteiger partial charge in [0.2, 0.25) is 0 Å². The topological polar surface area (TPSA) is 41.6 Å². The van der Waals surface area contributed by atoms with Crippen LogP contribution in [-0.4, -0.2) is 49.7 Å². The number of likely N-dealkylation sites (N-methyl/N-ethyl adjacent to an activating group) is 1. The summed E-state index contributed by atoms with van der Waals surface area (Å²) in [5.41, 5.74) is 0.954. The van der Waals surface area contributed by atoms with Crippen LogP contribution in [0.4, 0.5) is 4.39 Å². The lowest BCUT2D eigenvalue weighted by atomic mass is 10.1. The van der Waals surface area contributed by atoms with Crippen LogP contribution in [0.1, 0.15) is 22.8 Å². The smallest absolute Gasteiger partial charge is 0.251 e. The molecule has 110 valence electrons. The fraction of sp³-hybridized carbons (Fsp3) is 0.533. The van der Waals surface area contributed by atoms with Gasteiger partial charge in [0.1, 0.15) is 5.82 Å². The lowest BCUT2D eigenvalue weighted by molar-refractivity contribution is -0.0246. The van der Waals surface area contributed by atoms with Crippen LogP contribution in [0.2, 0.25) is 0 Å². The standard InChI is InChI=1S/C15H21FN2O2/c1-3-18-6-7-20-13(10-18)9-17-15(19)12-4-5-14(16)11(2)8-12/h4-5,8,13H,3,6-7,9-10H2,1-2H3,(H,17,19). The van der Waals surface area contributed by atoms with Gasteiger partial charge in [-0.05, 0) is 37.2 Å². The molecule has 0 saturated carbocycles. The van der Waals surface area contributed by atoms with E-state index in [0.29, 0.717) is 24.3 Å². The molecule has 20 heavy (non-hydrogen) atoms. The molecule has 1 aliphatic heterocycles. The van der Waals surface area contributed by atoms with E-state index >= 15 is 0 Å². The van der Waals surface area contributed by atoms with Gasteiger partial charge in [0.25, 0.3) is 5.91 Å². The van der Waals surface area contributed by atoms with E-state index in [4.69, 9.17) is 4.74 Å². The minimum absolute atomic E-state index is 0.0224. The van der Waals surface area contributed by atoms with E-state index in [0.717, 1.165) is 19.6 Å². The molecule has 1 aromatic rings. The molecule has 2 rings (SSSR count). The summed E-state index contributed by atoms with van der Waals surface area (Å²) in [5, 5.41) is 2.85. The minimum Gasteiger partial charge on any atom is -0.374 e. The summed E-state index contributed by atoms with van der Waals surface area (Å²) in [7, 11) is 0. The van der Waals surface area contributed by atoms with Crippen molar-refractivity contribution in [3.63, 3.8) is 0 Å². The van der Waals surface area contributed by atoms with Crippen LogP contribution in [-0.2, 0) is 4.74 Å². The van der Waals surface area contributed by atoms with Gasteiger partial charge in [-0.1, -0.05) is 6.92 Å². The Hall–Kier alpha value is -1.46. The Morgan fingerprint density at radius 2 is 2.35 bits per heavy atom. The van der Waals surface area contributed by atoms with E-state index in [1.807, 2.05) is 0 Å². The van der Waals surface area contributed by atoms with Gasteiger partial charge in [0, 0.05) is 25.2 Å². The van der Waals surface area contributed by atoms with Crippen molar-refractivity contribution in [1.29, 1.82) is 0 Å². The van der Waals surface area contributed by atoms with Gasteiger partial charge in [-0.25, -0.2) is 4.39 Å². The number of benzene rings is 1. The highest BCUT2D eigenvalue weighted by atomic mass is 19.1. The predicted octanol–water partition coefficient (Wildman–Crippen LogP) is 1.58. The average molecular weight is 280 g/mol. The van der Waals surface area contributed by atoms with Crippen molar-refractivity contribution in [3.05, 3.63) is 35.1 Å². The number of morpholine rings is 1. The van der Waals surface area contributed by atoms with Crippen molar-refractivity contribution in [2.75, 3.05) is 32.8 Å². The third-order valence-corrected chi connectivity index (χ3v) is 3.58. The zero-order valence-corrected chi connectivity index (χ0v) is 12.0. The van der Waals surface area contributed by atoms with Crippen LogP contribution in [0.25, 0.3) is 0 Å². The maximum atomic E-state index is 13.2. The Morgan fingerprint density at radius 3 is 3.05 bits per heavy atom. The summed E-state index contributed by atoms with van der Waals surface area (Å²) in [6.45, 7) is 7.70. The van der Waals surface area contributed by atoms with Gasteiger partial charge in [-0.3, -0.25) is 9.69 Å². The normalized spacial score (nSPS) is 19.9. The molecule has 1 unspecified atom stereocenters. The molecule has 0 bridgehead atoms. The van der Waals surface area contributed by atoms with E-state index in [1.165, 1.54) is 12.1 Å². The first-order valence-corrected chi connectivity index (χ1v) is 6.98. The molecule has 0 radical (unpaired) electrons. The fourth-order valence-electron chi connectivity index (χ4n) is 2.29. The number of hydrogen-bond donors (Lipinski definition) is 1. The van der Waals surface area contributed by atoms with E-state index in [9.17, 15) is 9.18 Å². The SMILES string of the molecule is CCN1CCOC(CNC(=O)c2ccc(F)c(C)c2)C1. The number of hydrogen-bond acceptors (Lipinski definition) is 3. The van der Waals surface area contributed by atoms with E-state index in [1.54, 1.807) is 13.0 Å². The Kier molecular flexibility index (Phi) is 5.09. The van der Waals surface area contributed by atoms with Crippen LogP contribution < -0.4 is 5.32 Å². The minimum atomic E-state index is -0.296. The predicted molar refractivity (Wildman–Crippen MR) is 75.3 cm³/mol. The number of ether oxygens (including phenoxy) is 1. The van der Waals surface area contributed by atoms with Crippen LogP contribution in [0.15, 0.2) is 18.2 Å². The molecule has 0 aliphatic carbocycles. The number of aryl methyl sites for hydroxylation is 1. The Labute approximate surface area is 118 Å². The highest BCUT2D eigenvalue weighted by Gasteiger charge is 2.20. The lowest BCUT2D eigenvalue weighted by Crippen LogP contribution is -2.47. The van der Waals surface area contributed by atoms with Crippen molar-refractivity contribution in [1.82, 2.24) is 10.2 Å². The van der Waals surface area contributed by atoms with Crippen molar-refractivity contribution in [3.8, 4) is 0 Å². The molecule has 1 aromatic carbocycles. The summed E-state index contributed by atoms with van der Waals surface area (Å²) in [4.78, 5) is 14.3. The molecular weight excluding hydrogens is 259 g/mol. The third kappa shape index (κ3) is 3.77. The average Bonchev–Trinajstić information content (AvgIpc) is 2.47. The van der Waals surface area contributed by atoms with Crippen LogP contribution in [0, 0.1) is 12.7 Å². The zero-order valence-electron chi connectivity index (χ0n) is 12.0.